The maximum Gasteiger partial charge on any atom is 0.230 e. The average molecular weight is 418 g/mol. The largest absolute Gasteiger partial charge is 0.372 e. The summed E-state index contributed by atoms with van der Waals surface area (Å²) in [7, 11) is 0. The molecule has 3 unspecified atom stereocenters. The number of hydrogen-bond donors (Lipinski definition) is 2. The fourth-order valence-corrected chi connectivity index (χ4v) is 5.38. The highest BCUT2D eigenvalue weighted by Gasteiger charge is 2.46. The van der Waals surface area contributed by atoms with E-state index in [1.54, 1.807) is 4.90 Å². The Morgan fingerprint density at radius 3 is 2.32 bits per heavy atom. The second-order valence-corrected chi connectivity index (χ2v) is 9.48. The van der Waals surface area contributed by atoms with Gasteiger partial charge in [0.1, 0.15) is 11.7 Å². The summed E-state index contributed by atoms with van der Waals surface area (Å²) in [6.07, 6.45) is 8.82. The number of carbonyl (C=O) groups excluding carboxylic acids is 1. The Bertz CT molecular complexity index is 500. The highest BCUT2D eigenvalue weighted by atomic mass is 35.5. The first-order valence-corrected chi connectivity index (χ1v) is 11.6. The van der Waals surface area contributed by atoms with Gasteiger partial charge in [0.2, 0.25) is 5.91 Å². The topological polar surface area (TPSA) is 53.6 Å². The minimum absolute atomic E-state index is 0.00580. The third-order valence-electron chi connectivity index (χ3n) is 6.52. The van der Waals surface area contributed by atoms with E-state index < -0.39 is 17.8 Å². The lowest BCUT2D eigenvalue weighted by atomic mass is 9.82. The molecule has 1 amide bonds. The summed E-state index contributed by atoms with van der Waals surface area (Å²) in [5.74, 6) is 0.0708. The summed E-state index contributed by atoms with van der Waals surface area (Å²) in [5.41, 5.74) is 5.95. The number of likely N-dealkylation sites (tertiary alicyclic amines) is 1. The van der Waals surface area contributed by atoms with Crippen molar-refractivity contribution in [3.05, 3.63) is 0 Å². The first kappa shape index (κ1) is 22.3. The molecule has 2 heterocycles. The van der Waals surface area contributed by atoms with Crippen LogP contribution < -0.4 is 10.9 Å². The normalized spacial score (nSPS) is 36.2. The van der Waals surface area contributed by atoms with Crippen molar-refractivity contribution in [3.63, 3.8) is 0 Å². The van der Waals surface area contributed by atoms with Gasteiger partial charge < -0.3 is 9.64 Å². The molecule has 0 aromatic heterocycles. The van der Waals surface area contributed by atoms with Crippen LogP contribution in [0.25, 0.3) is 0 Å². The molecule has 1 aliphatic carbocycles. The Balaban J connectivity index is 1.63. The molecule has 2 saturated heterocycles. The third kappa shape index (κ3) is 5.59. The van der Waals surface area contributed by atoms with Crippen molar-refractivity contribution in [2.75, 3.05) is 13.1 Å². The minimum Gasteiger partial charge on any atom is -0.372 e. The Morgan fingerprint density at radius 1 is 1.07 bits per heavy atom. The standard InChI is InChI=1S/C21H37ClFN3O2/c1-14(2)28-17-11-12-26(13-16(17)23)21(27)18-19(24-25-20(18)22)15-9-7-5-3-4-6-8-10-15/h14-20,24-25H,3-13H2,1-2H3/t16-,17+,18?,19?,20?/m1/s1. The van der Waals surface area contributed by atoms with Crippen molar-refractivity contribution >= 4 is 17.5 Å². The maximum absolute atomic E-state index is 14.6. The Morgan fingerprint density at radius 2 is 1.71 bits per heavy atom. The molecule has 5 atom stereocenters. The lowest BCUT2D eigenvalue weighted by Gasteiger charge is -2.38. The van der Waals surface area contributed by atoms with Crippen molar-refractivity contribution < 1.29 is 13.9 Å². The van der Waals surface area contributed by atoms with Gasteiger partial charge in [-0.1, -0.05) is 38.5 Å². The van der Waals surface area contributed by atoms with Crippen molar-refractivity contribution in [2.24, 2.45) is 11.8 Å². The number of amides is 1. The average Bonchev–Trinajstić information content (AvgIpc) is 3.09. The van der Waals surface area contributed by atoms with Gasteiger partial charge in [0.25, 0.3) is 0 Å². The lowest BCUT2D eigenvalue weighted by molar-refractivity contribution is -0.143. The highest BCUT2D eigenvalue weighted by Crippen LogP contribution is 2.33. The van der Waals surface area contributed by atoms with E-state index in [4.69, 9.17) is 16.3 Å². The predicted octanol–water partition coefficient (Wildman–Crippen LogP) is 3.76. The van der Waals surface area contributed by atoms with E-state index in [-0.39, 0.29) is 30.5 Å². The fraction of sp³-hybridized carbons (Fsp3) is 0.952. The van der Waals surface area contributed by atoms with Gasteiger partial charge in [0, 0.05) is 12.6 Å². The Kier molecular flexibility index (Phi) is 8.39. The number of halogens is 2. The summed E-state index contributed by atoms with van der Waals surface area (Å²) in [6, 6.07) is 0.0239. The van der Waals surface area contributed by atoms with Crippen LogP contribution in [0.4, 0.5) is 4.39 Å². The second kappa shape index (κ2) is 10.6. The van der Waals surface area contributed by atoms with Crippen LogP contribution in [0.1, 0.15) is 71.6 Å². The smallest absolute Gasteiger partial charge is 0.230 e. The molecular weight excluding hydrogens is 381 g/mol. The molecule has 0 aromatic rings. The van der Waals surface area contributed by atoms with Gasteiger partial charge >= 0.3 is 0 Å². The Hall–Kier alpha value is -0.430. The molecule has 28 heavy (non-hydrogen) atoms. The molecule has 3 rings (SSSR count). The molecule has 0 spiro atoms. The first-order valence-electron chi connectivity index (χ1n) is 11.2. The number of carbonyl (C=O) groups is 1. The molecule has 0 radical (unpaired) electrons. The van der Waals surface area contributed by atoms with Crippen LogP contribution in [-0.2, 0) is 9.53 Å². The van der Waals surface area contributed by atoms with Gasteiger partial charge in [0.15, 0.2) is 0 Å². The number of rotatable bonds is 4. The maximum atomic E-state index is 14.6. The van der Waals surface area contributed by atoms with E-state index in [2.05, 4.69) is 10.9 Å². The number of nitrogens with zero attached hydrogens (tertiary/aromatic N) is 1. The van der Waals surface area contributed by atoms with Crippen molar-refractivity contribution in [2.45, 2.75) is 102 Å². The van der Waals surface area contributed by atoms with E-state index in [1.807, 2.05) is 13.8 Å². The van der Waals surface area contributed by atoms with Crippen molar-refractivity contribution in [3.8, 4) is 0 Å². The monoisotopic (exact) mass is 417 g/mol. The summed E-state index contributed by atoms with van der Waals surface area (Å²) in [5, 5.41) is 0. The molecule has 3 aliphatic rings. The lowest BCUT2D eigenvalue weighted by Crippen LogP contribution is -2.53. The summed E-state index contributed by atoms with van der Waals surface area (Å²) >= 11 is 6.51. The van der Waals surface area contributed by atoms with Crippen LogP contribution in [0.2, 0.25) is 0 Å². The molecular formula is C21H37ClFN3O2. The minimum atomic E-state index is -1.14. The molecule has 2 aliphatic heterocycles. The molecule has 5 nitrogen and oxygen atoms in total. The van der Waals surface area contributed by atoms with E-state index in [9.17, 15) is 9.18 Å². The molecule has 7 heteroatoms. The van der Waals surface area contributed by atoms with Crippen LogP contribution in [-0.4, -0.2) is 53.8 Å². The van der Waals surface area contributed by atoms with E-state index >= 15 is 0 Å². The third-order valence-corrected chi connectivity index (χ3v) is 6.90. The van der Waals surface area contributed by atoms with Crippen LogP contribution in [0.5, 0.6) is 0 Å². The van der Waals surface area contributed by atoms with Crippen molar-refractivity contribution in [1.82, 2.24) is 15.8 Å². The predicted molar refractivity (Wildman–Crippen MR) is 110 cm³/mol. The number of piperidine rings is 1. The van der Waals surface area contributed by atoms with Gasteiger partial charge in [-0.15, -0.1) is 11.6 Å². The zero-order valence-electron chi connectivity index (χ0n) is 17.3. The van der Waals surface area contributed by atoms with E-state index in [1.165, 1.54) is 38.5 Å². The van der Waals surface area contributed by atoms with Crippen LogP contribution in [0.15, 0.2) is 0 Å². The SMILES string of the molecule is CC(C)O[C@H]1CCN(C(=O)C2C(Cl)NNC2C2CCCCCCCC2)C[C@H]1F. The zero-order chi connectivity index (χ0) is 20.1. The summed E-state index contributed by atoms with van der Waals surface area (Å²) < 4.78 is 20.3. The molecule has 3 fully saturated rings. The Labute approximate surface area is 174 Å². The van der Waals surface area contributed by atoms with Crippen molar-refractivity contribution in [1.29, 1.82) is 0 Å². The summed E-state index contributed by atoms with van der Waals surface area (Å²) in [4.78, 5) is 15.0. The zero-order valence-corrected chi connectivity index (χ0v) is 18.1. The molecule has 1 saturated carbocycles. The number of alkyl halides is 2. The van der Waals surface area contributed by atoms with Gasteiger partial charge in [-0.25, -0.2) is 9.82 Å². The fourth-order valence-electron chi connectivity index (χ4n) is 5.05. The van der Waals surface area contributed by atoms with Crippen LogP contribution in [0.3, 0.4) is 0 Å². The van der Waals surface area contributed by atoms with Crippen LogP contribution >= 0.6 is 11.6 Å². The quantitative estimate of drug-likeness (QED) is 0.540. The number of hydrogen-bond acceptors (Lipinski definition) is 4. The van der Waals surface area contributed by atoms with Gasteiger partial charge in [-0.2, -0.15) is 0 Å². The molecule has 0 bridgehead atoms. The first-order chi connectivity index (χ1) is 13.5. The van der Waals surface area contributed by atoms with Gasteiger partial charge in [-0.05, 0) is 39.0 Å². The number of hydrazine groups is 1. The van der Waals surface area contributed by atoms with E-state index in [0.717, 1.165) is 12.8 Å². The van der Waals surface area contributed by atoms with E-state index in [0.29, 0.717) is 18.9 Å². The number of ether oxygens (including phenoxy) is 1. The molecule has 2 N–H and O–H groups in total. The molecule has 162 valence electrons. The molecule has 0 aromatic carbocycles. The second-order valence-electron chi connectivity index (χ2n) is 9.01. The highest BCUT2D eigenvalue weighted by molar-refractivity contribution is 6.22. The summed E-state index contributed by atoms with van der Waals surface area (Å²) in [6.45, 7) is 4.47. The van der Waals surface area contributed by atoms with Gasteiger partial charge in [-0.3, -0.25) is 10.2 Å². The number of nitrogens with one attached hydrogen (secondary N) is 2. The van der Waals surface area contributed by atoms with Gasteiger partial charge in [0.05, 0.1) is 24.7 Å². The van der Waals surface area contributed by atoms with Crippen LogP contribution in [0, 0.1) is 11.8 Å².